The number of amides is 1. The van der Waals surface area contributed by atoms with Crippen molar-refractivity contribution in [3.63, 3.8) is 0 Å². The number of nitrogens with zero attached hydrogens (tertiary/aromatic N) is 2. The van der Waals surface area contributed by atoms with E-state index in [1.807, 2.05) is 19.9 Å². The van der Waals surface area contributed by atoms with E-state index in [1.165, 1.54) is 0 Å². The molecule has 2 aromatic heterocycles. The highest BCUT2D eigenvalue weighted by molar-refractivity contribution is 6.04. The Labute approximate surface area is 131 Å². The molecular weight excluding hydrogens is 300 g/mol. The van der Waals surface area contributed by atoms with Gasteiger partial charge in [-0.2, -0.15) is 0 Å². The molecule has 6 heteroatoms. The van der Waals surface area contributed by atoms with Crippen molar-refractivity contribution in [2.45, 2.75) is 13.8 Å². The number of carbonyl (C=O) groups excluding carboxylic acids is 1. The number of rotatable bonds is 2. The van der Waals surface area contributed by atoms with Crippen LogP contribution in [0.25, 0.3) is 11.0 Å². The fraction of sp³-hybridized carbons (Fsp3) is 0.118. The minimum Gasteiger partial charge on any atom is -0.306 e. The largest absolute Gasteiger partial charge is 0.306 e. The molecule has 0 atom stereocenters. The standard InChI is InChI=1S/C17H13F2N3O/c1-9-7-10(2)20-16-12(9)5-6-15(21-16)22-17(23)13-4-3-11(18)8-14(13)19/h3-8H,1-2H3,(H,20,21,22,23). The van der Waals surface area contributed by atoms with Crippen molar-refractivity contribution in [2.24, 2.45) is 0 Å². The monoisotopic (exact) mass is 313 g/mol. The lowest BCUT2D eigenvalue weighted by molar-refractivity contribution is 0.102. The van der Waals surface area contributed by atoms with Gasteiger partial charge in [-0.25, -0.2) is 18.7 Å². The molecule has 3 rings (SSSR count). The van der Waals surface area contributed by atoms with Gasteiger partial charge in [0.15, 0.2) is 5.65 Å². The zero-order valence-electron chi connectivity index (χ0n) is 12.5. The SMILES string of the molecule is Cc1cc(C)c2ccc(NC(=O)c3ccc(F)cc3F)nc2n1. The average Bonchev–Trinajstić information content (AvgIpc) is 2.46. The zero-order chi connectivity index (χ0) is 16.6. The third-order valence-corrected chi connectivity index (χ3v) is 3.42. The summed E-state index contributed by atoms with van der Waals surface area (Å²) in [6.45, 7) is 3.80. The molecule has 0 aliphatic carbocycles. The molecule has 3 aromatic rings. The first kappa shape index (κ1) is 15.0. The second-order valence-electron chi connectivity index (χ2n) is 5.23. The fourth-order valence-electron chi connectivity index (χ4n) is 2.36. The summed E-state index contributed by atoms with van der Waals surface area (Å²) in [7, 11) is 0. The molecule has 23 heavy (non-hydrogen) atoms. The minimum atomic E-state index is -0.923. The smallest absolute Gasteiger partial charge is 0.259 e. The van der Waals surface area contributed by atoms with E-state index in [9.17, 15) is 13.6 Å². The van der Waals surface area contributed by atoms with Crippen LogP contribution in [-0.4, -0.2) is 15.9 Å². The van der Waals surface area contributed by atoms with Gasteiger partial charge in [0.25, 0.3) is 5.91 Å². The summed E-state index contributed by atoms with van der Waals surface area (Å²) in [6, 6.07) is 8.13. The van der Waals surface area contributed by atoms with Crippen LogP contribution in [0.5, 0.6) is 0 Å². The molecule has 116 valence electrons. The minimum absolute atomic E-state index is 0.248. The maximum absolute atomic E-state index is 13.6. The van der Waals surface area contributed by atoms with Crippen LogP contribution in [0.4, 0.5) is 14.6 Å². The quantitative estimate of drug-likeness (QED) is 0.783. The highest BCUT2D eigenvalue weighted by Crippen LogP contribution is 2.19. The Morgan fingerprint density at radius 3 is 2.57 bits per heavy atom. The van der Waals surface area contributed by atoms with Crippen LogP contribution in [0.1, 0.15) is 21.6 Å². The third-order valence-electron chi connectivity index (χ3n) is 3.42. The third kappa shape index (κ3) is 3.01. The second-order valence-corrected chi connectivity index (χ2v) is 5.23. The van der Waals surface area contributed by atoms with E-state index in [1.54, 1.807) is 12.1 Å². The van der Waals surface area contributed by atoms with Crippen molar-refractivity contribution in [1.82, 2.24) is 9.97 Å². The van der Waals surface area contributed by atoms with Gasteiger partial charge in [0.2, 0.25) is 0 Å². The first-order valence-electron chi connectivity index (χ1n) is 6.95. The molecule has 0 aliphatic heterocycles. The molecule has 0 radical (unpaired) electrons. The van der Waals surface area contributed by atoms with Crippen LogP contribution in [0.15, 0.2) is 36.4 Å². The lowest BCUT2D eigenvalue weighted by atomic mass is 10.1. The van der Waals surface area contributed by atoms with Crippen molar-refractivity contribution >= 4 is 22.8 Å². The molecule has 0 fully saturated rings. The zero-order valence-corrected chi connectivity index (χ0v) is 12.5. The molecule has 0 unspecified atom stereocenters. The molecule has 1 N–H and O–H groups in total. The summed E-state index contributed by atoms with van der Waals surface area (Å²) in [4.78, 5) is 20.7. The van der Waals surface area contributed by atoms with E-state index in [-0.39, 0.29) is 11.4 Å². The number of fused-ring (bicyclic) bond motifs is 1. The average molecular weight is 313 g/mol. The van der Waals surface area contributed by atoms with Gasteiger partial charge in [0.05, 0.1) is 5.56 Å². The van der Waals surface area contributed by atoms with Gasteiger partial charge in [-0.3, -0.25) is 4.79 Å². The Bertz CT molecular complexity index is 925. The fourth-order valence-corrected chi connectivity index (χ4v) is 2.36. The number of nitrogens with one attached hydrogen (secondary N) is 1. The van der Waals surface area contributed by atoms with Crippen molar-refractivity contribution < 1.29 is 13.6 Å². The molecule has 0 saturated carbocycles. The number of anilines is 1. The molecule has 1 amide bonds. The summed E-state index contributed by atoms with van der Waals surface area (Å²) < 4.78 is 26.5. The summed E-state index contributed by atoms with van der Waals surface area (Å²) >= 11 is 0. The Morgan fingerprint density at radius 2 is 1.83 bits per heavy atom. The molecule has 1 aromatic carbocycles. The van der Waals surface area contributed by atoms with E-state index in [0.717, 1.165) is 28.8 Å². The summed E-state index contributed by atoms with van der Waals surface area (Å²) in [5.74, 6) is -2.10. The maximum Gasteiger partial charge on any atom is 0.259 e. The topological polar surface area (TPSA) is 54.9 Å². The summed E-state index contributed by atoms with van der Waals surface area (Å²) in [6.07, 6.45) is 0. The van der Waals surface area contributed by atoms with E-state index < -0.39 is 17.5 Å². The van der Waals surface area contributed by atoms with Crippen molar-refractivity contribution in [3.05, 3.63) is 64.9 Å². The summed E-state index contributed by atoms with van der Waals surface area (Å²) in [5.41, 5.74) is 2.10. The van der Waals surface area contributed by atoms with Crippen LogP contribution in [0.2, 0.25) is 0 Å². The molecule has 0 spiro atoms. The van der Waals surface area contributed by atoms with E-state index in [0.29, 0.717) is 11.7 Å². The highest BCUT2D eigenvalue weighted by atomic mass is 19.1. The van der Waals surface area contributed by atoms with Crippen molar-refractivity contribution in [3.8, 4) is 0 Å². The van der Waals surface area contributed by atoms with E-state index >= 15 is 0 Å². The molecule has 4 nitrogen and oxygen atoms in total. The molecule has 0 aliphatic rings. The maximum atomic E-state index is 13.6. The number of carbonyl (C=O) groups is 1. The van der Waals surface area contributed by atoms with Crippen LogP contribution in [0, 0.1) is 25.5 Å². The number of aromatic nitrogens is 2. The van der Waals surface area contributed by atoms with Crippen LogP contribution >= 0.6 is 0 Å². The van der Waals surface area contributed by atoms with Gasteiger partial charge in [-0.1, -0.05) is 0 Å². The number of hydrogen-bond donors (Lipinski definition) is 1. The Morgan fingerprint density at radius 1 is 1.04 bits per heavy atom. The van der Waals surface area contributed by atoms with E-state index in [2.05, 4.69) is 15.3 Å². The van der Waals surface area contributed by atoms with Crippen LogP contribution in [0.3, 0.4) is 0 Å². The predicted octanol–water partition coefficient (Wildman–Crippen LogP) is 3.78. The van der Waals surface area contributed by atoms with Crippen LogP contribution in [-0.2, 0) is 0 Å². The Hall–Kier alpha value is -2.89. The normalized spacial score (nSPS) is 10.8. The van der Waals surface area contributed by atoms with E-state index in [4.69, 9.17) is 0 Å². The number of hydrogen-bond acceptors (Lipinski definition) is 3. The Kier molecular flexibility index (Phi) is 3.73. The van der Waals surface area contributed by atoms with Gasteiger partial charge < -0.3 is 5.32 Å². The van der Waals surface area contributed by atoms with Gasteiger partial charge in [0.1, 0.15) is 17.5 Å². The van der Waals surface area contributed by atoms with Crippen LogP contribution < -0.4 is 5.32 Å². The lowest BCUT2D eigenvalue weighted by Gasteiger charge is -2.08. The Balaban J connectivity index is 1.93. The lowest BCUT2D eigenvalue weighted by Crippen LogP contribution is -2.15. The second kappa shape index (κ2) is 5.72. The summed E-state index contributed by atoms with van der Waals surface area (Å²) in [5, 5.41) is 3.37. The highest BCUT2D eigenvalue weighted by Gasteiger charge is 2.13. The molecule has 2 heterocycles. The first-order valence-corrected chi connectivity index (χ1v) is 6.95. The predicted molar refractivity (Wildman–Crippen MR) is 83.3 cm³/mol. The number of halogens is 2. The first-order chi connectivity index (χ1) is 10.9. The number of pyridine rings is 2. The molecular formula is C17H13F2N3O. The van der Waals surface area contributed by atoms with Gasteiger partial charge in [0, 0.05) is 17.1 Å². The van der Waals surface area contributed by atoms with Gasteiger partial charge in [-0.15, -0.1) is 0 Å². The molecule has 0 bridgehead atoms. The number of benzene rings is 1. The van der Waals surface area contributed by atoms with Crippen molar-refractivity contribution in [1.29, 1.82) is 0 Å². The van der Waals surface area contributed by atoms with Gasteiger partial charge in [-0.05, 0) is 49.7 Å². The van der Waals surface area contributed by atoms with Crippen molar-refractivity contribution in [2.75, 3.05) is 5.32 Å². The number of aryl methyl sites for hydroxylation is 2. The van der Waals surface area contributed by atoms with Gasteiger partial charge >= 0.3 is 0 Å². The molecule has 0 saturated heterocycles.